The van der Waals surface area contributed by atoms with Crippen LogP contribution in [-0.2, 0) is 14.3 Å². The van der Waals surface area contributed by atoms with E-state index in [1.807, 2.05) is 13.8 Å². The Morgan fingerprint density at radius 3 is 2.44 bits per heavy atom. The van der Waals surface area contributed by atoms with Gasteiger partial charge < -0.3 is 15.0 Å². The molecule has 1 aromatic rings. The molecule has 1 atom stereocenters. The van der Waals surface area contributed by atoms with Crippen LogP contribution in [-0.4, -0.2) is 37.5 Å². The van der Waals surface area contributed by atoms with E-state index in [1.54, 1.807) is 29.2 Å². The fourth-order valence-electron chi connectivity index (χ4n) is 2.94. The average Bonchev–Trinajstić information content (AvgIpc) is 2.60. The summed E-state index contributed by atoms with van der Waals surface area (Å²) in [4.78, 5) is 38.0. The molecule has 2 rings (SSSR count). The lowest BCUT2D eigenvalue weighted by Crippen LogP contribution is -2.42. The Bertz CT molecular complexity index is 625. The number of hydrogen-bond donors (Lipinski definition) is 1. The van der Waals surface area contributed by atoms with Gasteiger partial charge in [-0.05, 0) is 49.4 Å². The molecule has 0 radical (unpaired) electrons. The first kappa shape index (κ1) is 19.0. The number of ether oxygens (including phenoxy) is 1. The second kappa shape index (κ2) is 8.65. The van der Waals surface area contributed by atoms with E-state index >= 15 is 0 Å². The molecule has 0 aliphatic carbocycles. The standard InChI is InChI=1S/C19H26N2O4/c1-13(2)12-16(19(24)25-3)20-18(23)14-7-9-15(10-8-14)21-11-5-4-6-17(21)22/h7-10,13,16H,4-6,11-12H2,1-3H3,(H,20,23)/t16-/m0/s1. The van der Waals surface area contributed by atoms with Gasteiger partial charge in [-0.2, -0.15) is 0 Å². The van der Waals surface area contributed by atoms with E-state index in [4.69, 9.17) is 4.74 Å². The fraction of sp³-hybridized carbons (Fsp3) is 0.526. The number of esters is 1. The molecule has 0 bridgehead atoms. The van der Waals surface area contributed by atoms with Gasteiger partial charge in [0.15, 0.2) is 0 Å². The van der Waals surface area contributed by atoms with Gasteiger partial charge in [-0.1, -0.05) is 13.8 Å². The van der Waals surface area contributed by atoms with Crippen LogP contribution in [0.15, 0.2) is 24.3 Å². The largest absolute Gasteiger partial charge is 0.467 e. The van der Waals surface area contributed by atoms with Crippen molar-refractivity contribution in [3.05, 3.63) is 29.8 Å². The molecule has 1 fully saturated rings. The summed E-state index contributed by atoms with van der Waals surface area (Å²) in [5.74, 6) is -0.409. The molecular weight excluding hydrogens is 320 g/mol. The molecule has 0 aromatic heterocycles. The number of benzene rings is 1. The van der Waals surface area contributed by atoms with Crippen LogP contribution < -0.4 is 10.2 Å². The van der Waals surface area contributed by atoms with E-state index < -0.39 is 12.0 Å². The number of piperidine rings is 1. The van der Waals surface area contributed by atoms with Gasteiger partial charge in [0.2, 0.25) is 5.91 Å². The van der Waals surface area contributed by atoms with Crippen LogP contribution in [0.3, 0.4) is 0 Å². The topological polar surface area (TPSA) is 75.7 Å². The molecule has 136 valence electrons. The maximum atomic E-state index is 12.4. The zero-order valence-corrected chi connectivity index (χ0v) is 15.1. The number of methoxy groups -OCH3 is 1. The van der Waals surface area contributed by atoms with Gasteiger partial charge in [-0.3, -0.25) is 9.59 Å². The number of hydrogen-bond acceptors (Lipinski definition) is 4. The summed E-state index contributed by atoms with van der Waals surface area (Å²) in [5.41, 5.74) is 1.25. The van der Waals surface area contributed by atoms with E-state index in [0.29, 0.717) is 24.9 Å². The summed E-state index contributed by atoms with van der Waals surface area (Å²) in [6, 6.07) is 6.23. The molecular formula is C19H26N2O4. The lowest BCUT2D eigenvalue weighted by Gasteiger charge is -2.26. The predicted octanol–water partition coefficient (Wildman–Crippen LogP) is 2.52. The third-order valence-electron chi connectivity index (χ3n) is 4.26. The highest BCUT2D eigenvalue weighted by Gasteiger charge is 2.24. The first-order valence-electron chi connectivity index (χ1n) is 8.71. The van der Waals surface area contributed by atoms with Gasteiger partial charge in [0.05, 0.1) is 7.11 Å². The van der Waals surface area contributed by atoms with Crippen LogP contribution in [0.25, 0.3) is 0 Å². The number of carbonyl (C=O) groups excluding carboxylic acids is 3. The lowest BCUT2D eigenvalue weighted by molar-refractivity contribution is -0.143. The zero-order chi connectivity index (χ0) is 18.4. The quantitative estimate of drug-likeness (QED) is 0.803. The van der Waals surface area contributed by atoms with Crippen molar-refractivity contribution < 1.29 is 19.1 Å². The minimum absolute atomic E-state index is 0.117. The monoisotopic (exact) mass is 346 g/mol. The molecule has 1 saturated heterocycles. The molecule has 25 heavy (non-hydrogen) atoms. The maximum absolute atomic E-state index is 12.4. The van der Waals surface area contributed by atoms with Crippen molar-refractivity contribution >= 4 is 23.5 Å². The van der Waals surface area contributed by atoms with Crippen molar-refractivity contribution in [3.63, 3.8) is 0 Å². The van der Waals surface area contributed by atoms with Crippen molar-refractivity contribution in [2.24, 2.45) is 5.92 Å². The zero-order valence-electron chi connectivity index (χ0n) is 15.1. The highest BCUT2D eigenvalue weighted by molar-refractivity contribution is 5.98. The first-order chi connectivity index (χ1) is 11.9. The number of carbonyl (C=O) groups is 3. The highest BCUT2D eigenvalue weighted by atomic mass is 16.5. The molecule has 1 aromatic carbocycles. The Morgan fingerprint density at radius 2 is 1.88 bits per heavy atom. The summed E-state index contributed by atoms with van der Waals surface area (Å²) in [6.45, 7) is 4.67. The van der Waals surface area contributed by atoms with E-state index in [-0.39, 0.29) is 17.7 Å². The molecule has 0 saturated carbocycles. The van der Waals surface area contributed by atoms with E-state index in [9.17, 15) is 14.4 Å². The molecule has 0 spiro atoms. The van der Waals surface area contributed by atoms with Crippen LogP contribution in [0.5, 0.6) is 0 Å². The van der Waals surface area contributed by atoms with Crippen molar-refractivity contribution in [1.29, 1.82) is 0 Å². The summed E-state index contributed by atoms with van der Waals surface area (Å²) >= 11 is 0. The third kappa shape index (κ3) is 5.05. The number of nitrogens with zero attached hydrogens (tertiary/aromatic N) is 1. The molecule has 1 N–H and O–H groups in total. The maximum Gasteiger partial charge on any atom is 0.328 e. The summed E-state index contributed by atoms with van der Waals surface area (Å²) in [6.07, 6.45) is 3.00. The van der Waals surface area contributed by atoms with Crippen LogP contribution >= 0.6 is 0 Å². The van der Waals surface area contributed by atoms with E-state index in [2.05, 4.69) is 5.32 Å². The number of anilines is 1. The lowest BCUT2D eigenvalue weighted by atomic mass is 10.0. The molecule has 1 aliphatic rings. The van der Waals surface area contributed by atoms with Gasteiger partial charge in [0.1, 0.15) is 6.04 Å². The molecule has 6 nitrogen and oxygen atoms in total. The third-order valence-corrected chi connectivity index (χ3v) is 4.26. The van der Waals surface area contributed by atoms with Gasteiger partial charge in [0, 0.05) is 24.2 Å². The minimum Gasteiger partial charge on any atom is -0.467 e. The SMILES string of the molecule is COC(=O)[C@H](CC(C)C)NC(=O)c1ccc(N2CCCCC2=O)cc1. The van der Waals surface area contributed by atoms with Crippen molar-refractivity contribution in [2.75, 3.05) is 18.6 Å². The van der Waals surface area contributed by atoms with E-state index in [0.717, 1.165) is 18.5 Å². The molecule has 2 amide bonds. The fourth-order valence-corrected chi connectivity index (χ4v) is 2.94. The van der Waals surface area contributed by atoms with Crippen LogP contribution in [0.1, 0.15) is 49.9 Å². The Labute approximate surface area is 148 Å². The number of amides is 2. The van der Waals surface area contributed by atoms with Crippen molar-refractivity contribution in [3.8, 4) is 0 Å². The van der Waals surface area contributed by atoms with Crippen LogP contribution in [0.2, 0.25) is 0 Å². The van der Waals surface area contributed by atoms with E-state index in [1.165, 1.54) is 7.11 Å². The Balaban J connectivity index is 2.06. The second-order valence-corrected chi connectivity index (χ2v) is 6.73. The average molecular weight is 346 g/mol. The summed E-state index contributed by atoms with van der Waals surface area (Å²) in [5, 5.41) is 2.73. The summed E-state index contributed by atoms with van der Waals surface area (Å²) < 4.78 is 4.76. The van der Waals surface area contributed by atoms with Crippen LogP contribution in [0, 0.1) is 5.92 Å². The Kier molecular flexibility index (Phi) is 6.56. The predicted molar refractivity (Wildman–Crippen MR) is 95.4 cm³/mol. The van der Waals surface area contributed by atoms with Gasteiger partial charge in [-0.25, -0.2) is 4.79 Å². The Hall–Kier alpha value is -2.37. The first-order valence-corrected chi connectivity index (χ1v) is 8.71. The smallest absolute Gasteiger partial charge is 0.328 e. The van der Waals surface area contributed by atoms with Gasteiger partial charge in [-0.15, -0.1) is 0 Å². The molecule has 1 heterocycles. The van der Waals surface area contributed by atoms with Crippen LogP contribution in [0.4, 0.5) is 5.69 Å². The minimum atomic E-state index is -0.666. The Morgan fingerprint density at radius 1 is 1.20 bits per heavy atom. The summed E-state index contributed by atoms with van der Waals surface area (Å²) in [7, 11) is 1.31. The molecule has 0 unspecified atom stereocenters. The van der Waals surface area contributed by atoms with Gasteiger partial charge in [0.25, 0.3) is 5.91 Å². The molecule has 1 aliphatic heterocycles. The normalized spacial score (nSPS) is 15.8. The van der Waals surface area contributed by atoms with Crippen molar-refractivity contribution in [2.45, 2.75) is 45.6 Å². The van der Waals surface area contributed by atoms with Gasteiger partial charge >= 0.3 is 5.97 Å². The number of rotatable bonds is 6. The highest BCUT2D eigenvalue weighted by Crippen LogP contribution is 2.21. The molecule has 6 heteroatoms. The second-order valence-electron chi connectivity index (χ2n) is 6.73. The van der Waals surface area contributed by atoms with Crippen molar-refractivity contribution in [1.82, 2.24) is 5.32 Å². The number of nitrogens with one attached hydrogen (secondary N) is 1.